The number of methoxy groups -OCH3 is 1. The summed E-state index contributed by atoms with van der Waals surface area (Å²) in [5.74, 6) is 5.35. The van der Waals surface area contributed by atoms with Gasteiger partial charge in [0, 0.05) is 30.2 Å². The van der Waals surface area contributed by atoms with E-state index < -0.39 is 30.8 Å². The molecule has 0 fully saturated rings. The highest BCUT2D eigenvalue weighted by atomic mass is 35.5. The fourth-order valence-corrected chi connectivity index (χ4v) is 11.2. The summed E-state index contributed by atoms with van der Waals surface area (Å²) >= 11 is 6.29. The van der Waals surface area contributed by atoms with Gasteiger partial charge in [-0.05, 0) is 78.2 Å². The van der Waals surface area contributed by atoms with E-state index in [1.54, 1.807) is 18.4 Å². The van der Waals surface area contributed by atoms with Crippen LogP contribution in [0.2, 0.25) is 5.04 Å². The molecule has 2 aromatic carbocycles. The minimum absolute atomic E-state index is 0.00938. The number of allylic oxidation sites excluding steroid dienone is 6. The molecule has 0 saturated carbocycles. The van der Waals surface area contributed by atoms with Crippen molar-refractivity contribution in [3.63, 3.8) is 0 Å². The summed E-state index contributed by atoms with van der Waals surface area (Å²) in [5.41, 5.74) is 0.437. The molecule has 0 aliphatic carbocycles. The number of hydrogen-bond donors (Lipinski definition) is 3. The van der Waals surface area contributed by atoms with Crippen molar-refractivity contribution in [1.82, 2.24) is 10.6 Å². The van der Waals surface area contributed by atoms with Crippen molar-refractivity contribution in [2.45, 2.75) is 111 Å². The first kappa shape index (κ1) is 47.8. The fourth-order valence-electron chi connectivity index (χ4n) is 7.26. The third kappa shape index (κ3) is 14.3. The van der Waals surface area contributed by atoms with Gasteiger partial charge in [0.25, 0.3) is 8.32 Å². The first-order chi connectivity index (χ1) is 27.4. The Balaban J connectivity index is 1.59. The molecule has 10 heteroatoms. The Morgan fingerprint density at radius 1 is 1.03 bits per heavy atom. The lowest BCUT2D eigenvalue weighted by Crippen LogP contribution is -2.65. The average Bonchev–Trinajstić information content (AvgIpc) is 3.18. The van der Waals surface area contributed by atoms with Crippen LogP contribution in [0.25, 0.3) is 0 Å². The number of carbonyl (C=O) groups is 3. The van der Waals surface area contributed by atoms with E-state index in [1.165, 1.54) is 7.11 Å². The van der Waals surface area contributed by atoms with Gasteiger partial charge in [0.15, 0.2) is 5.76 Å². The van der Waals surface area contributed by atoms with Crippen LogP contribution in [-0.4, -0.2) is 50.2 Å². The van der Waals surface area contributed by atoms with E-state index in [1.807, 2.05) is 127 Å². The molecule has 1 heterocycles. The van der Waals surface area contributed by atoms with Crippen LogP contribution in [0.1, 0.15) is 93.9 Å². The molecule has 312 valence electrons. The predicted molar refractivity (Wildman–Crippen MR) is 238 cm³/mol. The third-order valence-electron chi connectivity index (χ3n) is 10.5. The summed E-state index contributed by atoms with van der Waals surface area (Å²) in [4.78, 5) is 51.1. The van der Waals surface area contributed by atoms with E-state index in [-0.39, 0.29) is 41.9 Å². The summed E-state index contributed by atoms with van der Waals surface area (Å²) in [6.45, 7) is 15.9. The Bertz CT molecular complexity index is 1860. The molecule has 3 rings (SSSR count). The molecule has 4 atom stereocenters. The van der Waals surface area contributed by atoms with Crippen LogP contribution < -0.4 is 21.0 Å². The number of carbonyl (C=O) groups excluding carboxylic acids is 3. The minimum atomic E-state index is -3.22. The Morgan fingerprint density at radius 3 is 2.21 bits per heavy atom. The lowest BCUT2D eigenvalue weighted by molar-refractivity contribution is -0.151. The molecule has 2 amide bonds. The van der Waals surface area contributed by atoms with Crippen molar-refractivity contribution in [2.75, 3.05) is 7.11 Å². The van der Waals surface area contributed by atoms with Gasteiger partial charge in [-0.2, -0.15) is 0 Å². The molecule has 0 spiro atoms. The van der Waals surface area contributed by atoms with Gasteiger partial charge in [-0.25, -0.2) is 4.79 Å². The first-order valence-electron chi connectivity index (χ1n) is 20.1. The quantitative estimate of drug-likeness (QED) is 0.0603. The van der Waals surface area contributed by atoms with E-state index in [9.17, 15) is 19.2 Å². The highest BCUT2D eigenvalue weighted by molar-refractivity contribution is 6.98. The highest BCUT2D eigenvalue weighted by Gasteiger charge is 2.50. The molecule has 1 aliphatic rings. The minimum Gasteiger partial charge on any atom is -0.490 e. The van der Waals surface area contributed by atoms with Crippen LogP contribution in [0.3, 0.4) is 0 Å². The summed E-state index contributed by atoms with van der Waals surface area (Å²) in [7, 11) is -1.77. The molecule has 0 radical (unpaired) electrons. The van der Waals surface area contributed by atoms with Crippen molar-refractivity contribution in [3.8, 4) is 11.8 Å². The van der Waals surface area contributed by atoms with Crippen LogP contribution >= 0.6 is 11.6 Å². The maximum Gasteiger partial charge on any atom is 0.373 e. The van der Waals surface area contributed by atoms with Crippen molar-refractivity contribution >= 4 is 48.1 Å². The largest absolute Gasteiger partial charge is 0.490 e. The van der Waals surface area contributed by atoms with Gasteiger partial charge in [-0.1, -0.05) is 156 Å². The molecule has 2 aromatic rings. The second-order valence-electron chi connectivity index (χ2n) is 16.8. The van der Waals surface area contributed by atoms with E-state index in [4.69, 9.17) is 21.1 Å². The van der Waals surface area contributed by atoms with Crippen molar-refractivity contribution < 1.29 is 28.7 Å². The van der Waals surface area contributed by atoms with Crippen LogP contribution in [0.4, 0.5) is 0 Å². The fraction of sp³-hybridized carbons (Fsp3) is 0.438. The van der Waals surface area contributed by atoms with Gasteiger partial charge in [-0.3, -0.25) is 9.59 Å². The number of cyclic esters (lactones) is 1. The van der Waals surface area contributed by atoms with E-state index in [2.05, 4.69) is 36.3 Å². The topological polar surface area (TPSA) is 114 Å². The lowest BCUT2D eigenvalue weighted by Gasteiger charge is -2.43. The SMILES string of the molecule is COC1=CC[C@@H]([C@@H](C)/C=C(C)/C=C\C#CCCC(=O)N[C@H](C(=O)N/C=C\C[C@H](C/C=C(\C)Cl)CC(C)(C)[Si](O)(c2ccccc2)c2ccccc2)C(C)(C)C)OC1=O. The average molecular weight is 828 g/mol. The standard InChI is InChI=1S/C48H63ClN2O6Si/c1-35(33-36(2)41-30-31-42(56-9)46(54)57-41)21-14-10-11-19-27-43(52)51-44(47(4,5)6)45(53)50-32-20-22-38(29-28-37(3)49)34-48(7,8)58(55,39-23-15-12-16-24-39)40-25-17-13-18-26-40/h12-18,20-21,23-26,28,31-33,36,38,41,44,55H,19,22,27,29-30,34H2,1-9H3,(H,50,53)(H,51,52)/b21-14-,32-20-,35-33+,37-28+/t36-,38+,41-,44+/m0/s1. The number of esters is 1. The molecule has 0 aromatic heterocycles. The maximum absolute atomic E-state index is 13.5. The van der Waals surface area contributed by atoms with Crippen molar-refractivity contribution in [3.05, 3.63) is 120 Å². The van der Waals surface area contributed by atoms with Gasteiger partial charge in [-0.15, -0.1) is 0 Å². The third-order valence-corrected chi connectivity index (χ3v) is 15.1. The molecule has 0 saturated heterocycles. The monoisotopic (exact) mass is 826 g/mol. The van der Waals surface area contributed by atoms with Gasteiger partial charge in [0.2, 0.25) is 11.8 Å². The lowest BCUT2D eigenvalue weighted by atomic mass is 9.86. The summed E-state index contributed by atoms with van der Waals surface area (Å²) < 4.78 is 10.5. The van der Waals surface area contributed by atoms with Crippen LogP contribution in [0.15, 0.2) is 120 Å². The molecule has 3 N–H and O–H groups in total. The van der Waals surface area contributed by atoms with E-state index >= 15 is 0 Å². The number of halogens is 1. The first-order valence-corrected chi connectivity index (χ1v) is 22.4. The second-order valence-corrected chi connectivity index (χ2v) is 21.3. The summed E-state index contributed by atoms with van der Waals surface area (Å²) in [6, 6.07) is 19.2. The van der Waals surface area contributed by atoms with Crippen molar-refractivity contribution in [2.24, 2.45) is 17.3 Å². The van der Waals surface area contributed by atoms with Crippen LogP contribution in [0.5, 0.6) is 0 Å². The number of ether oxygens (including phenoxy) is 2. The number of rotatable bonds is 18. The second kappa shape index (κ2) is 22.5. The maximum atomic E-state index is 13.5. The Labute approximate surface area is 353 Å². The predicted octanol–water partition coefficient (Wildman–Crippen LogP) is 8.38. The van der Waals surface area contributed by atoms with Crippen molar-refractivity contribution in [1.29, 1.82) is 0 Å². The molecular formula is C48H63ClN2O6Si. The normalized spacial score (nSPS) is 17.1. The number of nitrogens with one attached hydrogen (secondary N) is 2. The molecule has 1 aliphatic heterocycles. The highest BCUT2D eigenvalue weighted by Crippen LogP contribution is 2.43. The van der Waals surface area contributed by atoms with E-state index in [0.29, 0.717) is 30.7 Å². The smallest absolute Gasteiger partial charge is 0.373 e. The number of amides is 2. The Hall–Kier alpha value is -4.62. The van der Waals surface area contributed by atoms with Crippen LogP contribution in [-0.2, 0) is 23.9 Å². The molecular weight excluding hydrogens is 764 g/mol. The zero-order valence-electron chi connectivity index (χ0n) is 35.7. The molecule has 58 heavy (non-hydrogen) atoms. The Kier molecular flexibility index (Phi) is 18.5. The number of hydrogen-bond acceptors (Lipinski definition) is 6. The van der Waals surface area contributed by atoms with Gasteiger partial charge in [0.1, 0.15) is 12.1 Å². The van der Waals surface area contributed by atoms with Gasteiger partial charge in [0.05, 0.1) is 7.11 Å². The van der Waals surface area contributed by atoms with Gasteiger partial charge >= 0.3 is 5.97 Å². The number of benzene rings is 2. The Morgan fingerprint density at radius 2 is 1.66 bits per heavy atom. The zero-order valence-corrected chi connectivity index (χ0v) is 37.5. The molecule has 0 unspecified atom stereocenters. The summed E-state index contributed by atoms with van der Waals surface area (Å²) in [5, 5.41) is 8.01. The molecule has 8 nitrogen and oxygen atoms in total. The molecule has 0 bridgehead atoms. The van der Waals surface area contributed by atoms with Crippen LogP contribution in [0, 0.1) is 29.1 Å². The van der Waals surface area contributed by atoms with E-state index in [0.717, 1.165) is 22.4 Å². The zero-order chi connectivity index (χ0) is 42.9. The van der Waals surface area contributed by atoms with Gasteiger partial charge < -0.3 is 24.9 Å². The summed E-state index contributed by atoms with van der Waals surface area (Å²) in [6.07, 6.45) is 15.9.